The highest BCUT2D eigenvalue weighted by Crippen LogP contribution is 2.26. The predicted octanol–water partition coefficient (Wildman–Crippen LogP) is 1.25. The number of carboxylic acids is 1. The van der Waals surface area contributed by atoms with Crippen molar-refractivity contribution in [2.45, 2.75) is 46.5 Å². The van der Waals surface area contributed by atoms with Crippen LogP contribution in [0, 0.1) is 11.3 Å². The first kappa shape index (κ1) is 17.5. The number of carbonyl (C=O) groups excluding carboxylic acids is 2. The molecule has 0 aromatic rings. The van der Waals surface area contributed by atoms with Crippen LogP contribution in [0.2, 0.25) is 0 Å². The van der Waals surface area contributed by atoms with Gasteiger partial charge in [-0.25, -0.2) is 0 Å². The average Bonchev–Trinajstić information content (AvgIpc) is 2.48. The molecule has 0 spiro atoms. The zero-order chi connectivity index (χ0) is 16.0. The van der Waals surface area contributed by atoms with Gasteiger partial charge in [0.05, 0.1) is 5.41 Å². The highest BCUT2D eigenvalue weighted by atomic mass is 16.4. The van der Waals surface area contributed by atoms with Gasteiger partial charge in [0.15, 0.2) is 0 Å². The third-order valence-electron chi connectivity index (χ3n) is 4.72. The number of nitrogens with one attached hydrogen (secondary N) is 1. The number of rotatable bonds is 6. The SMILES string of the molecule is CCC(CC)(CNC(=O)C1CCN(C(C)=O)CC1)C(=O)O. The van der Waals surface area contributed by atoms with E-state index in [1.807, 2.05) is 13.8 Å². The van der Waals surface area contributed by atoms with E-state index in [1.165, 1.54) is 6.92 Å². The molecule has 0 saturated carbocycles. The Morgan fingerprint density at radius 3 is 2.10 bits per heavy atom. The molecule has 1 rings (SSSR count). The van der Waals surface area contributed by atoms with Gasteiger partial charge >= 0.3 is 5.97 Å². The minimum Gasteiger partial charge on any atom is -0.481 e. The van der Waals surface area contributed by atoms with Crippen LogP contribution in [-0.4, -0.2) is 47.4 Å². The molecule has 0 aromatic carbocycles. The molecule has 2 N–H and O–H groups in total. The maximum Gasteiger partial charge on any atom is 0.311 e. The van der Waals surface area contributed by atoms with Crippen molar-refractivity contribution in [2.75, 3.05) is 19.6 Å². The maximum absolute atomic E-state index is 12.2. The lowest BCUT2D eigenvalue weighted by atomic mass is 9.82. The first-order valence-electron chi connectivity index (χ1n) is 7.63. The molecule has 0 bridgehead atoms. The van der Waals surface area contributed by atoms with Gasteiger partial charge in [0.1, 0.15) is 0 Å². The Hall–Kier alpha value is -1.59. The second-order valence-electron chi connectivity index (χ2n) is 5.79. The number of hydrogen-bond acceptors (Lipinski definition) is 3. The van der Waals surface area contributed by atoms with Crippen molar-refractivity contribution in [3.63, 3.8) is 0 Å². The van der Waals surface area contributed by atoms with Gasteiger partial charge in [-0.05, 0) is 25.7 Å². The summed E-state index contributed by atoms with van der Waals surface area (Å²) < 4.78 is 0. The number of carbonyl (C=O) groups is 3. The molecule has 0 radical (unpaired) electrons. The lowest BCUT2D eigenvalue weighted by molar-refractivity contribution is -0.149. The summed E-state index contributed by atoms with van der Waals surface area (Å²) in [7, 11) is 0. The number of nitrogens with zero attached hydrogens (tertiary/aromatic N) is 1. The zero-order valence-electron chi connectivity index (χ0n) is 13.1. The molecule has 2 amide bonds. The monoisotopic (exact) mass is 298 g/mol. The molecule has 0 unspecified atom stereocenters. The molecular formula is C15H26N2O4. The molecule has 6 nitrogen and oxygen atoms in total. The van der Waals surface area contributed by atoms with Crippen molar-refractivity contribution < 1.29 is 19.5 Å². The Labute approximate surface area is 125 Å². The van der Waals surface area contributed by atoms with E-state index >= 15 is 0 Å². The second kappa shape index (κ2) is 7.43. The predicted molar refractivity (Wildman–Crippen MR) is 78.6 cm³/mol. The molecule has 6 heteroatoms. The number of piperidine rings is 1. The van der Waals surface area contributed by atoms with E-state index in [9.17, 15) is 19.5 Å². The van der Waals surface area contributed by atoms with Crippen LogP contribution in [-0.2, 0) is 14.4 Å². The standard InChI is InChI=1S/C15H26N2O4/c1-4-15(5-2,14(20)21)10-16-13(19)12-6-8-17(9-7-12)11(3)18/h12H,4-10H2,1-3H3,(H,16,19)(H,20,21). The van der Waals surface area contributed by atoms with E-state index in [1.54, 1.807) is 4.90 Å². The van der Waals surface area contributed by atoms with Gasteiger partial charge in [0.2, 0.25) is 11.8 Å². The topological polar surface area (TPSA) is 86.7 Å². The van der Waals surface area contributed by atoms with Gasteiger partial charge < -0.3 is 15.3 Å². The molecule has 1 heterocycles. The average molecular weight is 298 g/mol. The van der Waals surface area contributed by atoms with Crippen LogP contribution in [0.1, 0.15) is 46.5 Å². The number of likely N-dealkylation sites (tertiary alicyclic amines) is 1. The molecule has 120 valence electrons. The van der Waals surface area contributed by atoms with Gasteiger partial charge in [0, 0.05) is 32.5 Å². The summed E-state index contributed by atoms with van der Waals surface area (Å²) >= 11 is 0. The Morgan fingerprint density at radius 1 is 1.19 bits per heavy atom. The molecule has 21 heavy (non-hydrogen) atoms. The Morgan fingerprint density at radius 2 is 1.71 bits per heavy atom. The summed E-state index contributed by atoms with van der Waals surface area (Å²) in [5.41, 5.74) is -0.879. The van der Waals surface area contributed by atoms with E-state index < -0.39 is 11.4 Å². The van der Waals surface area contributed by atoms with Crippen molar-refractivity contribution in [3.05, 3.63) is 0 Å². The van der Waals surface area contributed by atoms with Crippen molar-refractivity contribution in [1.29, 1.82) is 0 Å². The molecule has 0 atom stereocenters. The van der Waals surface area contributed by atoms with Gasteiger partial charge in [0.25, 0.3) is 0 Å². The fourth-order valence-electron chi connectivity index (χ4n) is 2.74. The van der Waals surface area contributed by atoms with Crippen LogP contribution in [0.15, 0.2) is 0 Å². The van der Waals surface area contributed by atoms with Crippen LogP contribution >= 0.6 is 0 Å². The van der Waals surface area contributed by atoms with E-state index in [0.717, 1.165) is 0 Å². The first-order chi connectivity index (χ1) is 9.86. The quantitative estimate of drug-likeness (QED) is 0.772. The lowest BCUT2D eigenvalue weighted by Gasteiger charge is -2.32. The van der Waals surface area contributed by atoms with E-state index in [4.69, 9.17) is 0 Å². The normalized spacial score (nSPS) is 16.6. The summed E-state index contributed by atoms with van der Waals surface area (Å²) in [5, 5.41) is 12.1. The van der Waals surface area contributed by atoms with E-state index in [2.05, 4.69) is 5.32 Å². The Balaban J connectivity index is 2.51. The minimum atomic E-state index is -0.879. The van der Waals surface area contributed by atoms with Crippen molar-refractivity contribution in [1.82, 2.24) is 10.2 Å². The number of hydrogen-bond donors (Lipinski definition) is 2. The Kier molecular flexibility index (Phi) is 6.18. The van der Waals surface area contributed by atoms with Crippen LogP contribution in [0.3, 0.4) is 0 Å². The van der Waals surface area contributed by atoms with Crippen molar-refractivity contribution >= 4 is 17.8 Å². The Bertz CT molecular complexity index is 396. The summed E-state index contributed by atoms with van der Waals surface area (Å²) in [5.74, 6) is -1.04. The van der Waals surface area contributed by atoms with Gasteiger partial charge in [-0.2, -0.15) is 0 Å². The van der Waals surface area contributed by atoms with E-state index in [0.29, 0.717) is 38.8 Å². The lowest BCUT2D eigenvalue weighted by Crippen LogP contribution is -2.46. The van der Waals surface area contributed by atoms with Crippen molar-refractivity contribution in [2.24, 2.45) is 11.3 Å². The van der Waals surface area contributed by atoms with Crippen LogP contribution in [0.4, 0.5) is 0 Å². The molecular weight excluding hydrogens is 272 g/mol. The van der Waals surface area contributed by atoms with Gasteiger partial charge in [-0.3, -0.25) is 14.4 Å². The summed E-state index contributed by atoms with van der Waals surface area (Å²) in [6.07, 6.45) is 2.26. The summed E-state index contributed by atoms with van der Waals surface area (Å²) in [4.78, 5) is 36.5. The van der Waals surface area contributed by atoms with Crippen LogP contribution < -0.4 is 5.32 Å². The molecule has 1 saturated heterocycles. The highest BCUT2D eigenvalue weighted by Gasteiger charge is 2.36. The minimum absolute atomic E-state index is 0.0377. The largest absolute Gasteiger partial charge is 0.481 e. The highest BCUT2D eigenvalue weighted by molar-refractivity contribution is 5.81. The number of amides is 2. The molecule has 0 aliphatic carbocycles. The second-order valence-corrected chi connectivity index (χ2v) is 5.79. The zero-order valence-corrected chi connectivity index (χ0v) is 13.1. The number of carboxylic acid groups (broad SMARTS) is 1. The molecule has 1 aliphatic rings. The third-order valence-corrected chi connectivity index (χ3v) is 4.72. The fourth-order valence-corrected chi connectivity index (χ4v) is 2.74. The van der Waals surface area contributed by atoms with Gasteiger partial charge in [-0.1, -0.05) is 13.8 Å². The number of aliphatic carboxylic acids is 1. The third kappa shape index (κ3) is 4.19. The molecule has 1 aliphatic heterocycles. The molecule has 0 aromatic heterocycles. The summed E-state index contributed by atoms with van der Waals surface area (Å²) in [6.45, 7) is 6.55. The van der Waals surface area contributed by atoms with Crippen LogP contribution in [0.25, 0.3) is 0 Å². The van der Waals surface area contributed by atoms with Crippen molar-refractivity contribution in [3.8, 4) is 0 Å². The van der Waals surface area contributed by atoms with Gasteiger partial charge in [-0.15, -0.1) is 0 Å². The van der Waals surface area contributed by atoms with Crippen LogP contribution in [0.5, 0.6) is 0 Å². The summed E-state index contributed by atoms with van der Waals surface area (Å²) in [6, 6.07) is 0. The smallest absolute Gasteiger partial charge is 0.311 e. The first-order valence-corrected chi connectivity index (χ1v) is 7.63. The maximum atomic E-state index is 12.2. The van der Waals surface area contributed by atoms with E-state index in [-0.39, 0.29) is 24.3 Å². The fraction of sp³-hybridized carbons (Fsp3) is 0.800. The molecule has 1 fully saturated rings.